The zero-order valence-electron chi connectivity index (χ0n) is 34.5. The molecule has 294 valence electrons. The number of nitrogens with zero attached hydrogens (tertiary/aromatic N) is 2. The van der Waals surface area contributed by atoms with Crippen LogP contribution in [0.1, 0.15) is 5.56 Å². The highest BCUT2D eigenvalue weighted by Crippen LogP contribution is 2.47. The van der Waals surface area contributed by atoms with Gasteiger partial charge in [-0.15, -0.1) is 0 Å². The van der Waals surface area contributed by atoms with Crippen LogP contribution in [-0.4, -0.2) is 9.55 Å². The van der Waals surface area contributed by atoms with E-state index in [2.05, 4.69) is 236 Å². The normalized spacial score (nSPS) is 11.6. The topological polar surface area (TPSA) is 17.8 Å². The Labute approximate surface area is 366 Å². The second-order valence-corrected chi connectivity index (χ2v) is 16.3. The van der Waals surface area contributed by atoms with Gasteiger partial charge in [0.1, 0.15) is 5.82 Å². The van der Waals surface area contributed by atoms with Crippen LogP contribution in [-0.2, 0) is 0 Å². The maximum Gasteiger partial charge on any atom is 0.145 e. The van der Waals surface area contributed by atoms with Crippen molar-refractivity contribution in [3.05, 3.63) is 237 Å². The standard InChI is InChI=1S/C61H40N2/c1-2-40-31-33-41(34-32-40)57-47-21-6-10-25-51(47)59(52-26-11-7-22-48(52)57)44-17-16-18-45(39-44)60-53-27-12-8-23-49(53)58(50-24-9-13-28-54(50)60)42-35-37-43(38-36-42)61-62-55-29-14-15-30-56(55)63(61)46-19-4-3-5-20-46/h2-39H,1H2. The zero-order chi connectivity index (χ0) is 41.9. The molecule has 2 nitrogen and oxygen atoms in total. The van der Waals surface area contributed by atoms with Crippen LogP contribution in [0, 0.1) is 0 Å². The van der Waals surface area contributed by atoms with E-state index < -0.39 is 0 Å². The molecule has 0 spiro atoms. The highest BCUT2D eigenvalue weighted by Gasteiger charge is 2.21. The molecule has 0 aliphatic rings. The number of hydrogen-bond acceptors (Lipinski definition) is 1. The molecule has 0 aliphatic heterocycles. The van der Waals surface area contributed by atoms with Crippen molar-refractivity contribution in [1.82, 2.24) is 9.55 Å². The monoisotopic (exact) mass is 800 g/mol. The first kappa shape index (κ1) is 36.5. The SMILES string of the molecule is C=Cc1ccc(-c2c3ccccc3c(-c3cccc(-c4c5ccccc5c(-c5ccc(-c6nc7ccccc7n6-c6ccccc6)cc5)c5ccccc45)c3)c3ccccc23)cc1. The van der Waals surface area contributed by atoms with Gasteiger partial charge in [-0.1, -0.05) is 207 Å². The van der Waals surface area contributed by atoms with Gasteiger partial charge in [-0.3, -0.25) is 4.57 Å². The van der Waals surface area contributed by atoms with Gasteiger partial charge in [0.2, 0.25) is 0 Å². The van der Waals surface area contributed by atoms with E-state index in [9.17, 15) is 0 Å². The molecule has 1 aromatic heterocycles. The van der Waals surface area contributed by atoms with E-state index in [0.29, 0.717) is 0 Å². The highest BCUT2D eigenvalue weighted by atomic mass is 15.1. The first-order valence-corrected chi connectivity index (χ1v) is 21.6. The summed E-state index contributed by atoms with van der Waals surface area (Å²) in [6, 6.07) is 81.5. The Morgan fingerprint density at radius 1 is 0.333 bits per heavy atom. The molecule has 12 rings (SSSR count). The molecule has 63 heavy (non-hydrogen) atoms. The maximum absolute atomic E-state index is 5.15. The molecule has 0 amide bonds. The number of imidazole rings is 1. The first-order chi connectivity index (χ1) is 31.2. The summed E-state index contributed by atoms with van der Waals surface area (Å²) in [5, 5.41) is 9.87. The van der Waals surface area contributed by atoms with Crippen molar-refractivity contribution in [3.63, 3.8) is 0 Å². The number of para-hydroxylation sites is 3. The van der Waals surface area contributed by atoms with Crippen molar-refractivity contribution in [1.29, 1.82) is 0 Å². The van der Waals surface area contributed by atoms with E-state index in [4.69, 9.17) is 4.98 Å². The van der Waals surface area contributed by atoms with Crippen molar-refractivity contribution in [2.24, 2.45) is 0 Å². The average Bonchev–Trinajstić information content (AvgIpc) is 3.75. The minimum atomic E-state index is 0.927. The molecule has 0 atom stereocenters. The molecule has 0 saturated carbocycles. The van der Waals surface area contributed by atoms with E-state index in [-0.39, 0.29) is 0 Å². The molecule has 0 unspecified atom stereocenters. The van der Waals surface area contributed by atoms with Crippen LogP contribution < -0.4 is 0 Å². The Kier molecular flexibility index (Phi) is 8.69. The third-order valence-corrected chi connectivity index (χ3v) is 12.7. The molecule has 0 aliphatic carbocycles. The van der Waals surface area contributed by atoms with Crippen LogP contribution in [0.3, 0.4) is 0 Å². The minimum Gasteiger partial charge on any atom is -0.292 e. The van der Waals surface area contributed by atoms with Crippen LogP contribution >= 0.6 is 0 Å². The van der Waals surface area contributed by atoms with E-state index in [0.717, 1.165) is 33.7 Å². The minimum absolute atomic E-state index is 0.927. The van der Waals surface area contributed by atoms with Crippen LogP contribution in [0.25, 0.3) is 122 Å². The van der Waals surface area contributed by atoms with E-state index >= 15 is 0 Å². The summed E-state index contributed by atoms with van der Waals surface area (Å²) in [6.45, 7) is 3.98. The Morgan fingerprint density at radius 2 is 0.714 bits per heavy atom. The Bertz CT molecular complexity index is 3610. The summed E-state index contributed by atoms with van der Waals surface area (Å²) in [5.41, 5.74) is 15.1. The van der Waals surface area contributed by atoms with E-state index in [1.54, 1.807) is 0 Å². The zero-order valence-corrected chi connectivity index (χ0v) is 34.5. The predicted octanol–water partition coefficient (Wildman–Crippen LogP) is 16.6. The number of benzene rings is 11. The lowest BCUT2D eigenvalue weighted by Gasteiger charge is -2.20. The summed E-state index contributed by atoms with van der Waals surface area (Å²) in [4.78, 5) is 5.15. The lowest BCUT2D eigenvalue weighted by atomic mass is 9.83. The summed E-state index contributed by atoms with van der Waals surface area (Å²) in [5.74, 6) is 0.927. The fourth-order valence-electron chi connectivity index (χ4n) is 9.96. The third-order valence-electron chi connectivity index (χ3n) is 12.7. The first-order valence-electron chi connectivity index (χ1n) is 21.6. The molecule has 0 radical (unpaired) electrons. The van der Waals surface area contributed by atoms with Crippen molar-refractivity contribution >= 4 is 60.2 Å². The van der Waals surface area contributed by atoms with Gasteiger partial charge in [-0.25, -0.2) is 4.98 Å². The average molecular weight is 801 g/mol. The highest BCUT2D eigenvalue weighted by molar-refractivity contribution is 6.23. The van der Waals surface area contributed by atoms with Gasteiger partial charge in [0.15, 0.2) is 0 Å². The molecular formula is C61H40N2. The Morgan fingerprint density at radius 3 is 1.17 bits per heavy atom. The van der Waals surface area contributed by atoms with Crippen LogP contribution in [0.2, 0.25) is 0 Å². The van der Waals surface area contributed by atoms with Crippen LogP contribution in [0.4, 0.5) is 0 Å². The number of fused-ring (bicyclic) bond motifs is 5. The molecule has 0 fully saturated rings. The number of hydrogen-bond donors (Lipinski definition) is 0. The third kappa shape index (κ3) is 5.99. The fraction of sp³-hybridized carbons (Fsp3) is 0. The van der Waals surface area contributed by atoms with Gasteiger partial charge in [-0.2, -0.15) is 0 Å². The predicted molar refractivity (Wildman–Crippen MR) is 268 cm³/mol. The number of aromatic nitrogens is 2. The molecule has 0 N–H and O–H groups in total. The molecule has 1 heterocycles. The van der Waals surface area contributed by atoms with E-state index in [1.165, 1.54) is 87.6 Å². The second kappa shape index (κ2) is 15.0. The van der Waals surface area contributed by atoms with Crippen molar-refractivity contribution in [2.45, 2.75) is 0 Å². The maximum atomic E-state index is 5.15. The number of rotatable bonds is 7. The summed E-state index contributed by atoms with van der Waals surface area (Å²) in [6.07, 6.45) is 1.90. The van der Waals surface area contributed by atoms with Gasteiger partial charge in [0.05, 0.1) is 11.0 Å². The Hall–Kier alpha value is -8.33. The van der Waals surface area contributed by atoms with Crippen LogP contribution in [0.5, 0.6) is 0 Å². The van der Waals surface area contributed by atoms with Gasteiger partial charge in [0, 0.05) is 11.3 Å². The van der Waals surface area contributed by atoms with Gasteiger partial charge in [0.25, 0.3) is 0 Å². The lowest BCUT2D eigenvalue weighted by Crippen LogP contribution is -1.97. The summed E-state index contributed by atoms with van der Waals surface area (Å²) >= 11 is 0. The van der Waals surface area contributed by atoms with Gasteiger partial charge >= 0.3 is 0 Å². The molecule has 0 saturated heterocycles. The molecule has 11 aromatic carbocycles. The molecular weight excluding hydrogens is 761 g/mol. The van der Waals surface area contributed by atoms with Crippen molar-refractivity contribution in [3.8, 4) is 61.6 Å². The lowest BCUT2D eigenvalue weighted by molar-refractivity contribution is 1.10. The van der Waals surface area contributed by atoms with Crippen molar-refractivity contribution < 1.29 is 0 Å². The summed E-state index contributed by atoms with van der Waals surface area (Å²) in [7, 11) is 0. The Balaban J connectivity index is 1.03. The van der Waals surface area contributed by atoms with Gasteiger partial charge < -0.3 is 0 Å². The van der Waals surface area contributed by atoms with Gasteiger partial charge in [-0.05, 0) is 123 Å². The fourth-order valence-corrected chi connectivity index (χ4v) is 9.96. The molecule has 2 heteroatoms. The van der Waals surface area contributed by atoms with Crippen molar-refractivity contribution in [2.75, 3.05) is 0 Å². The smallest absolute Gasteiger partial charge is 0.145 e. The largest absolute Gasteiger partial charge is 0.292 e. The quantitative estimate of drug-likeness (QED) is 0.147. The van der Waals surface area contributed by atoms with Crippen LogP contribution in [0.15, 0.2) is 231 Å². The van der Waals surface area contributed by atoms with E-state index in [1.807, 2.05) is 6.08 Å². The molecule has 0 bridgehead atoms. The molecule has 12 aromatic rings. The second-order valence-electron chi connectivity index (χ2n) is 16.3. The summed E-state index contributed by atoms with van der Waals surface area (Å²) < 4.78 is 2.26.